The zero-order valence-corrected chi connectivity index (χ0v) is 22.8. The van der Waals surface area contributed by atoms with E-state index < -0.39 is 11.6 Å². The molecule has 2 aliphatic heterocycles. The molecular formula is C30H33F2N7O2. The van der Waals surface area contributed by atoms with Crippen LogP contribution in [0.5, 0.6) is 0 Å². The Kier molecular flexibility index (Phi) is 7.80. The summed E-state index contributed by atoms with van der Waals surface area (Å²) in [4.78, 5) is 20.5. The number of aromatic amines is 1. The molecule has 0 aliphatic carbocycles. The maximum absolute atomic E-state index is 13.7. The number of nitrogens with one attached hydrogen (secondary N) is 4. The summed E-state index contributed by atoms with van der Waals surface area (Å²) < 4.78 is 32.8. The molecule has 0 unspecified atom stereocenters. The zero-order chi connectivity index (χ0) is 28.3. The molecule has 0 atom stereocenters. The monoisotopic (exact) mass is 561 g/mol. The Hall–Kier alpha value is -4.09. The van der Waals surface area contributed by atoms with Crippen LogP contribution in [0.4, 0.5) is 31.8 Å². The second-order valence-electron chi connectivity index (χ2n) is 10.8. The number of rotatable bonds is 7. The van der Waals surface area contributed by atoms with Gasteiger partial charge in [0.15, 0.2) is 5.82 Å². The first-order valence-electron chi connectivity index (χ1n) is 14.0. The number of halogens is 2. The first-order valence-corrected chi connectivity index (χ1v) is 14.0. The summed E-state index contributed by atoms with van der Waals surface area (Å²) in [5, 5.41) is 16.6. The number of pyridine rings is 1. The smallest absolute Gasteiger partial charge is 0.259 e. The summed E-state index contributed by atoms with van der Waals surface area (Å²) in [5.74, 6) is -0.640. The molecule has 41 heavy (non-hydrogen) atoms. The second kappa shape index (κ2) is 11.8. The third kappa shape index (κ3) is 6.31. The first-order chi connectivity index (χ1) is 19.9. The van der Waals surface area contributed by atoms with Crippen LogP contribution in [0.1, 0.15) is 47.5 Å². The van der Waals surface area contributed by atoms with E-state index in [1.807, 2.05) is 6.07 Å². The number of hydrogen-bond donors (Lipinski definition) is 4. The fraction of sp³-hybridized carbons (Fsp3) is 0.367. The summed E-state index contributed by atoms with van der Waals surface area (Å²) >= 11 is 0. The fourth-order valence-electron chi connectivity index (χ4n) is 5.54. The van der Waals surface area contributed by atoms with Crippen molar-refractivity contribution in [3.8, 4) is 0 Å². The molecule has 4 heterocycles. The normalized spacial score (nSPS) is 17.0. The summed E-state index contributed by atoms with van der Waals surface area (Å²) in [6.07, 6.45) is 3.92. The number of anilines is 4. The zero-order valence-electron chi connectivity index (χ0n) is 22.8. The molecule has 2 fully saturated rings. The standard InChI is InChI=1S/C30H33F2N7O2/c1-39-10-6-18(7-11-39)19-2-3-24(26(14-19)33-22-8-12-41-13-9-22)30(40)36-29-28-25(37-38-29)4-5-27(35-28)34-23-16-20(31)15-21(32)17-23/h2-5,14-18,22,33H,6-13H2,1H3,(H,34,35)(H2,36,37,38,40). The Balaban J connectivity index is 1.25. The van der Waals surface area contributed by atoms with Gasteiger partial charge in [-0.25, -0.2) is 13.8 Å². The molecule has 2 aromatic heterocycles. The van der Waals surface area contributed by atoms with Crippen LogP contribution in [-0.2, 0) is 4.74 Å². The number of H-pyrrole nitrogens is 1. The van der Waals surface area contributed by atoms with E-state index in [-0.39, 0.29) is 23.5 Å². The number of ether oxygens (including phenoxy) is 1. The van der Waals surface area contributed by atoms with E-state index in [1.54, 1.807) is 12.1 Å². The number of benzene rings is 2. The van der Waals surface area contributed by atoms with Gasteiger partial charge >= 0.3 is 0 Å². The first kappa shape index (κ1) is 27.1. The number of hydrogen-bond acceptors (Lipinski definition) is 7. The van der Waals surface area contributed by atoms with Crippen LogP contribution < -0.4 is 16.0 Å². The third-order valence-corrected chi connectivity index (χ3v) is 7.83. The van der Waals surface area contributed by atoms with E-state index >= 15 is 0 Å². The van der Waals surface area contributed by atoms with E-state index in [9.17, 15) is 13.6 Å². The highest BCUT2D eigenvalue weighted by atomic mass is 19.1. The topological polar surface area (TPSA) is 107 Å². The van der Waals surface area contributed by atoms with Crippen LogP contribution in [0, 0.1) is 11.6 Å². The van der Waals surface area contributed by atoms with E-state index in [0.29, 0.717) is 41.5 Å². The fourth-order valence-corrected chi connectivity index (χ4v) is 5.54. The highest BCUT2D eigenvalue weighted by molar-refractivity contribution is 6.10. The van der Waals surface area contributed by atoms with Crippen molar-refractivity contribution in [2.75, 3.05) is 49.3 Å². The largest absolute Gasteiger partial charge is 0.381 e. The van der Waals surface area contributed by atoms with Gasteiger partial charge in [0.05, 0.1) is 11.1 Å². The van der Waals surface area contributed by atoms with Crippen LogP contribution >= 0.6 is 0 Å². The molecule has 2 saturated heterocycles. The molecule has 0 radical (unpaired) electrons. The summed E-state index contributed by atoms with van der Waals surface area (Å²) in [5.41, 5.74) is 3.80. The summed E-state index contributed by atoms with van der Waals surface area (Å²) in [6.45, 7) is 3.49. The Morgan fingerprint density at radius 3 is 2.51 bits per heavy atom. The molecule has 0 bridgehead atoms. The second-order valence-corrected chi connectivity index (χ2v) is 10.8. The van der Waals surface area contributed by atoms with Crippen LogP contribution in [0.15, 0.2) is 48.5 Å². The molecule has 0 spiro atoms. The molecule has 9 nitrogen and oxygen atoms in total. The lowest BCUT2D eigenvalue weighted by Crippen LogP contribution is -2.30. The number of piperidine rings is 1. The van der Waals surface area contributed by atoms with Gasteiger partial charge in [0, 0.05) is 36.7 Å². The van der Waals surface area contributed by atoms with Crippen molar-refractivity contribution < 1.29 is 18.3 Å². The number of likely N-dealkylation sites (tertiary alicyclic amines) is 1. The van der Waals surface area contributed by atoms with E-state index in [1.165, 1.54) is 17.7 Å². The molecule has 6 rings (SSSR count). The van der Waals surface area contributed by atoms with Crippen molar-refractivity contribution in [2.24, 2.45) is 0 Å². The van der Waals surface area contributed by atoms with Crippen LogP contribution in [-0.4, -0.2) is 65.4 Å². The lowest BCUT2D eigenvalue weighted by Gasteiger charge is -2.30. The predicted octanol–water partition coefficient (Wildman–Crippen LogP) is 5.63. The number of amides is 1. The van der Waals surface area contributed by atoms with Gasteiger partial charge in [-0.2, -0.15) is 5.10 Å². The molecule has 1 amide bonds. The van der Waals surface area contributed by atoms with E-state index in [0.717, 1.165) is 50.5 Å². The lowest BCUT2D eigenvalue weighted by atomic mass is 9.88. The van der Waals surface area contributed by atoms with Gasteiger partial charge in [0.2, 0.25) is 0 Å². The minimum atomic E-state index is -0.697. The molecule has 0 saturated carbocycles. The number of carbonyl (C=O) groups is 1. The molecule has 11 heteroatoms. The van der Waals surface area contributed by atoms with Gasteiger partial charge in [-0.05, 0) is 93.7 Å². The third-order valence-electron chi connectivity index (χ3n) is 7.83. The molecular weight excluding hydrogens is 528 g/mol. The summed E-state index contributed by atoms with van der Waals surface area (Å²) in [6, 6.07) is 12.8. The number of carbonyl (C=O) groups excluding carboxylic acids is 1. The Bertz CT molecular complexity index is 1530. The summed E-state index contributed by atoms with van der Waals surface area (Å²) in [7, 11) is 2.15. The van der Waals surface area contributed by atoms with Crippen molar-refractivity contribution in [1.29, 1.82) is 0 Å². The molecule has 4 aromatic rings. The van der Waals surface area contributed by atoms with Gasteiger partial charge in [0.1, 0.15) is 23.0 Å². The van der Waals surface area contributed by atoms with Crippen LogP contribution in [0.2, 0.25) is 0 Å². The minimum Gasteiger partial charge on any atom is -0.381 e. The van der Waals surface area contributed by atoms with Gasteiger partial charge in [0.25, 0.3) is 5.91 Å². The Labute approximate surface area is 236 Å². The van der Waals surface area contributed by atoms with Gasteiger partial charge in [-0.15, -0.1) is 0 Å². The van der Waals surface area contributed by atoms with Crippen molar-refractivity contribution in [3.63, 3.8) is 0 Å². The van der Waals surface area contributed by atoms with Crippen molar-refractivity contribution in [3.05, 3.63) is 71.3 Å². The average molecular weight is 562 g/mol. The van der Waals surface area contributed by atoms with Gasteiger partial charge in [-0.3, -0.25) is 9.89 Å². The maximum Gasteiger partial charge on any atom is 0.259 e. The van der Waals surface area contributed by atoms with Crippen LogP contribution in [0.25, 0.3) is 11.0 Å². The maximum atomic E-state index is 13.7. The van der Waals surface area contributed by atoms with Gasteiger partial charge in [-0.1, -0.05) is 6.07 Å². The lowest BCUT2D eigenvalue weighted by molar-refractivity contribution is 0.0904. The molecule has 2 aromatic carbocycles. The SMILES string of the molecule is CN1CCC(c2ccc(C(=O)Nc3n[nH]c4ccc(Nc5cc(F)cc(F)c5)nc34)c(NC3CCOCC3)c2)CC1. The van der Waals surface area contributed by atoms with Crippen molar-refractivity contribution in [1.82, 2.24) is 20.1 Å². The highest BCUT2D eigenvalue weighted by Crippen LogP contribution is 2.32. The average Bonchev–Trinajstić information content (AvgIpc) is 3.35. The molecule has 2 aliphatic rings. The minimum absolute atomic E-state index is 0.219. The quantitative estimate of drug-likeness (QED) is 0.232. The molecule has 214 valence electrons. The van der Waals surface area contributed by atoms with Crippen molar-refractivity contribution >= 4 is 40.0 Å². The number of nitrogens with zero attached hydrogens (tertiary/aromatic N) is 3. The Morgan fingerprint density at radius 1 is 1.00 bits per heavy atom. The number of aromatic nitrogens is 3. The predicted molar refractivity (Wildman–Crippen MR) is 155 cm³/mol. The van der Waals surface area contributed by atoms with Gasteiger partial charge < -0.3 is 25.6 Å². The van der Waals surface area contributed by atoms with E-state index in [4.69, 9.17) is 4.74 Å². The Morgan fingerprint density at radius 2 is 1.76 bits per heavy atom. The van der Waals surface area contributed by atoms with Crippen LogP contribution in [0.3, 0.4) is 0 Å². The van der Waals surface area contributed by atoms with E-state index in [2.05, 4.69) is 55.2 Å². The number of fused-ring (bicyclic) bond motifs is 1. The van der Waals surface area contributed by atoms with Crippen molar-refractivity contribution in [2.45, 2.75) is 37.6 Å². The highest BCUT2D eigenvalue weighted by Gasteiger charge is 2.23. The molecule has 4 N–H and O–H groups in total.